The molecule has 0 unspecified atom stereocenters. The van der Waals surface area contributed by atoms with Gasteiger partial charge in [0.1, 0.15) is 0 Å². The van der Waals surface area contributed by atoms with Gasteiger partial charge >= 0.3 is 0 Å². The Morgan fingerprint density at radius 3 is 2.32 bits per heavy atom. The van der Waals surface area contributed by atoms with Gasteiger partial charge in [-0.1, -0.05) is 43.3 Å². The molecule has 0 saturated carbocycles. The van der Waals surface area contributed by atoms with Crippen LogP contribution in [0.3, 0.4) is 0 Å². The van der Waals surface area contributed by atoms with Crippen LogP contribution in [0.25, 0.3) is 6.08 Å². The van der Waals surface area contributed by atoms with Crippen LogP contribution >= 0.6 is 0 Å². The van der Waals surface area contributed by atoms with Crippen LogP contribution in [-0.2, 0) is 16.6 Å². The summed E-state index contributed by atoms with van der Waals surface area (Å²) in [5.41, 5.74) is 1.71. The minimum Gasteiger partial charge on any atom is -0.310 e. The number of nitrogens with zero attached hydrogens (tertiary/aromatic N) is 2. The Bertz CT molecular complexity index is 908. The van der Waals surface area contributed by atoms with Gasteiger partial charge in [0.25, 0.3) is 5.56 Å². The first kappa shape index (κ1) is 17.6. The Labute approximate surface area is 148 Å². The van der Waals surface area contributed by atoms with Gasteiger partial charge in [0.05, 0.1) is 11.4 Å². The van der Waals surface area contributed by atoms with Crippen LogP contribution in [0.1, 0.15) is 30.4 Å². The Morgan fingerprint density at radius 2 is 1.68 bits per heavy atom. The summed E-state index contributed by atoms with van der Waals surface area (Å²) < 4.78 is 28.5. The van der Waals surface area contributed by atoms with Crippen molar-refractivity contribution >= 4 is 16.1 Å². The second kappa shape index (κ2) is 7.37. The highest BCUT2D eigenvalue weighted by molar-refractivity contribution is 7.89. The fourth-order valence-electron chi connectivity index (χ4n) is 3.00. The summed E-state index contributed by atoms with van der Waals surface area (Å²) in [6.07, 6.45) is 6.03. The molecule has 1 fully saturated rings. The van der Waals surface area contributed by atoms with E-state index >= 15 is 0 Å². The monoisotopic (exact) mass is 358 g/mol. The topological polar surface area (TPSA) is 59.4 Å². The maximum Gasteiger partial charge on any atom is 0.250 e. The third-order valence-corrected chi connectivity index (χ3v) is 6.36. The van der Waals surface area contributed by atoms with Crippen LogP contribution in [0.5, 0.6) is 0 Å². The fourth-order valence-corrected chi connectivity index (χ4v) is 4.53. The average molecular weight is 358 g/mol. The van der Waals surface area contributed by atoms with Crippen molar-refractivity contribution in [1.29, 1.82) is 0 Å². The van der Waals surface area contributed by atoms with E-state index in [4.69, 9.17) is 0 Å². The molecular formula is C19H22N2O3S. The fraction of sp³-hybridized carbons (Fsp3) is 0.316. The SMILES string of the molecule is C=Cc1ccc(Cn2cc(S(=O)(=O)N3CCCCC3)ccc2=O)cc1. The first-order valence-electron chi connectivity index (χ1n) is 8.43. The van der Waals surface area contributed by atoms with Gasteiger partial charge in [-0.05, 0) is 30.0 Å². The predicted molar refractivity (Wildman–Crippen MR) is 98.9 cm³/mol. The Balaban J connectivity index is 1.89. The number of benzene rings is 1. The number of aromatic nitrogens is 1. The van der Waals surface area contributed by atoms with Crippen LogP contribution in [0.15, 0.2) is 58.9 Å². The lowest BCUT2D eigenvalue weighted by Gasteiger charge is -2.26. The minimum atomic E-state index is -3.54. The molecule has 3 rings (SSSR count). The molecule has 1 aliphatic rings. The molecule has 0 bridgehead atoms. The number of sulfonamides is 1. The smallest absolute Gasteiger partial charge is 0.250 e. The standard InChI is InChI=1S/C19H22N2O3S/c1-2-16-6-8-17(9-7-16)14-20-15-18(10-11-19(20)22)25(23,24)21-12-4-3-5-13-21/h2,6-11,15H,1,3-5,12-14H2. The van der Waals surface area contributed by atoms with E-state index in [9.17, 15) is 13.2 Å². The Hall–Kier alpha value is -2.18. The van der Waals surface area contributed by atoms with Crippen molar-refractivity contribution in [3.8, 4) is 0 Å². The van der Waals surface area contributed by atoms with Crippen molar-refractivity contribution in [2.24, 2.45) is 0 Å². The second-order valence-electron chi connectivity index (χ2n) is 6.24. The number of piperidine rings is 1. The zero-order chi connectivity index (χ0) is 17.9. The lowest BCUT2D eigenvalue weighted by atomic mass is 10.1. The van der Waals surface area contributed by atoms with E-state index in [1.807, 2.05) is 24.3 Å². The van der Waals surface area contributed by atoms with Crippen molar-refractivity contribution < 1.29 is 8.42 Å². The third kappa shape index (κ3) is 3.91. The van der Waals surface area contributed by atoms with Crippen molar-refractivity contribution in [3.63, 3.8) is 0 Å². The van der Waals surface area contributed by atoms with E-state index in [0.29, 0.717) is 19.6 Å². The summed E-state index contributed by atoms with van der Waals surface area (Å²) in [5.74, 6) is 0. The van der Waals surface area contributed by atoms with Crippen LogP contribution in [-0.4, -0.2) is 30.4 Å². The lowest BCUT2D eigenvalue weighted by molar-refractivity contribution is 0.346. The summed E-state index contributed by atoms with van der Waals surface area (Å²) in [7, 11) is -3.54. The second-order valence-corrected chi connectivity index (χ2v) is 8.18. The lowest BCUT2D eigenvalue weighted by Crippen LogP contribution is -2.36. The molecule has 0 radical (unpaired) electrons. The maximum atomic E-state index is 12.8. The highest BCUT2D eigenvalue weighted by Crippen LogP contribution is 2.19. The first-order chi connectivity index (χ1) is 12.0. The molecule has 1 saturated heterocycles. The Morgan fingerprint density at radius 1 is 1.00 bits per heavy atom. The highest BCUT2D eigenvalue weighted by atomic mass is 32.2. The van der Waals surface area contributed by atoms with Gasteiger partial charge in [-0.3, -0.25) is 4.79 Å². The van der Waals surface area contributed by atoms with E-state index in [1.165, 1.54) is 27.2 Å². The summed E-state index contributed by atoms with van der Waals surface area (Å²) in [5, 5.41) is 0. The number of rotatable bonds is 5. The molecule has 0 N–H and O–H groups in total. The van der Waals surface area contributed by atoms with E-state index in [1.54, 1.807) is 6.08 Å². The van der Waals surface area contributed by atoms with E-state index in [0.717, 1.165) is 30.4 Å². The molecule has 132 valence electrons. The summed E-state index contributed by atoms with van der Waals surface area (Å²) >= 11 is 0. The van der Waals surface area contributed by atoms with E-state index < -0.39 is 10.0 Å². The molecule has 0 spiro atoms. The maximum absolute atomic E-state index is 12.8. The number of pyridine rings is 1. The van der Waals surface area contributed by atoms with Gasteiger partial charge in [-0.2, -0.15) is 4.31 Å². The molecule has 1 aromatic heterocycles. The quantitative estimate of drug-likeness (QED) is 0.826. The summed E-state index contributed by atoms with van der Waals surface area (Å²) in [6.45, 7) is 5.14. The summed E-state index contributed by atoms with van der Waals surface area (Å²) in [4.78, 5) is 12.3. The van der Waals surface area contributed by atoms with Gasteiger partial charge in [-0.25, -0.2) is 8.42 Å². The Kier molecular flexibility index (Phi) is 5.20. The van der Waals surface area contributed by atoms with Crippen molar-refractivity contribution in [2.45, 2.75) is 30.7 Å². The number of hydrogen-bond acceptors (Lipinski definition) is 3. The molecule has 25 heavy (non-hydrogen) atoms. The van der Waals surface area contributed by atoms with Gasteiger partial charge < -0.3 is 4.57 Å². The van der Waals surface area contributed by atoms with E-state index in [-0.39, 0.29) is 10.5 Å². The minimum absolute atomic E-state index is 0.178. The zero-order valence-corrected chi connectivity index (χ0v) is 14.9. The molecule has 1 aromatic carbocycles. The zero-order valence-electron chi connectivity index (χ0n) is 14.1. The normalized spacial score (nSPS) is 15.8. The van der Waals surface area contributed by atoms with Gasteiger partial charge in [0, 0.05) is 25.4 Å². The van der Waals surface area contributed by atoms with Gasteiger partial charge in [-0.15, -0.1) is 0 Å². The molecule has 2 aromatic rings. The molecule has 0 aliphatic carbocycles. The molecule has 5 nitrogen and oxygen atoms in total. The van der Waals surface area contributed by atoms with Crippen molar-refractivity contribution in [2.75, 3.05) is 13.1 Å². The van der Waals surface area contributed by atoms with Crippen LogP contribution in [0.2, 0.25) is 0 Å². The largest absolute Gasteiger partial charge is 0.310 e. The molecule has 6 heteroatoms. The van der Waals surface area contributed by atoms with Crippen LogP contribution in [0, 0.1) is 0 Å². The van der Waals surface area contributed by atoms with Crippen molar-refractivity contribution in [1.82, 2.24) is 8.87 Å². The van der Waals surface area contributed by atoms with Crippen LogP contribution in [0.4, 0.5) is 0 Å². The van der Waals surface area contributed by atoms with Gasteiger partial charge in [0.15, 0.2) is 0 Å². The predicted octanol–water partition coefficient (Wildman–Crippen LogP) is 2.71. The van der Waals surface area contributed by atoms with E-state index in [2.05, 4.69) is 6.58 Å². The highest BCUT2D eigenvalue weighted by Gasteiger charge is 2.26. The number of hydrogen-bond donors (Lipinski definition) is 0. The summed E-state index contributed by atoms with van der Waals surface area (Å²) in [6, 6.07) is 10.4. The van der Waals surface area contributed by atoms with Gasteiger partial charge in [0.2, 0.25) is 10.0 Å². The first-order valence-corrected chi connectivity index (χ1v) is 9.87. The molecular weight excluding hydrogens is 336 g/mol. The average Bonchev–Trinajstić information content (AvgIpc) is 2.64. The molecule has 0 amide bonds. The third-order valence-electron chi connectivity index (χ3n) is 4.48. The van der Waals surface area contributed by atoms with Crippen molar-refractivity contribution in [3.05, 3.63) is 70.7 Å². The molecule has 1 aliphatic heterocycles. The molecule has 2 heterocycles. The molecule has 0 atom stereocenters. The van der Waals surface area contributed by atoms with Crippen LogP contribution < -0.4 is 5.56 Å².